The zero-order valence-electron chi connectivity index (χ0n) is 13.4. The standard InChI is InChI=1S/C17H19N3OS2/c1-12-18-20(17(22)23-12)11-19(2)10-13-4-5-15-9-16(21-3)7-6-14(15)8-13/h4-9H,10-11H2,1-3H3. The SMILES string of the molecule is COc1ccc2cc(CN(C)Cn3nc(C)sc3=S)ccc2c1. The Hall–Kier alpha value is -1.76. The van der Waals surface area contributed by atoms with Crippen LogP contribution in [-0.2, 0) is 13.2 Å². The summed E-state index contributed by atoms with van der Waals surface area (Å²) in [4.78, 5) is 2.21. The molecule has 0 spiro atoms. The predicted octanol–water partition coefficient (Wildman–Crippen LogP) is 4.23. The van der Waals surface area contributed by atoms with Gasteiger partial charge in [-0.05, 0) is 60.7 Å². The van der Waals surface area contributed by atoms with Gasteiger partial charge in [0, 0.05) is 6.54 Å². The molecule has 0 aliphatic carbocycles. The molecular formula is C17H19N3OS2. The summed E-state index contributed by atoms with van der Waals surface area (Å²) in [6.07, 6.45) is 0. The summed E-state index contributed by atoms with van der Waals surface area (Å²) in [5, 5.41) is 7.85. The van der Waals surface area contributed by atoms with Gasteiger partial charge in [0.2, 0.25) is 0 Å². The molecule has 1 aromatic heterocycles. The minimum absolute atomic E-state index is 0.698. The first kappa shape index (κ1) is 16.1. The smallest absolute Gasteiger partial charge is 0.180 e. The van der Waals surface area contributed by atoms with E-state index in [1.807, 2.05) is 17.7 Å². The van der Waals surface area contributed by atoms with Crippen molar-refractivity contribution in [3.8, 4) is 5.75 Å². The van der Waals surface area contributed by atoms with E-state index < -0.39 is 0 Å². The molecule has 0 unspecified atom stereocenters. The van der Waals surface area contributed by atoms with E-state index in [1.54, 1.807) is 18.4 Å². The molecule has 2 aromatic carbocycles. The van der Waals surface area contributed by atoms with Gasteiger partial charge in [0.1, 0.15) is 10.8 Å². The van der Waals surface area contributed by atoms with Crippen molar-refractivity contribution in [1.29, 1.82) is 0 Å². The average Bonchev–Trinajstić information content (AvgIpc) is 2.84. The van der Waals surface area contributed by atoms with Crippen LogP contribution in [0.5, 0.6) is 5.75 Å². The molecule has 4 nitrogen and oxygen atoms in total. The van der Waals surface area contributed by atoms with Crippen LogP contribution in [0.2, 0.25) is 0 Å². The quantitative estimate of drug-likeness (QED) is 0.647. The molecule has 23 heavy (non-hydrogen) atoms. The highest BCUT2D eigenvalue weighted by atomic mass is 32.1. The van der Waals surface area contributed by atoms with Gasteiger partial charge in [-0.2, -0.15) is 5.10 Å². The number of rotatable bonds is 5. The normalized spacial score (nSPS) is 11.3. The summed E-state index contributed by atoms with van der Waals surface area (Å²) in [5.41, 5.74) is 1.27. The van der Waals surface area contributed by atoms with Crippen LogP contribution in [0.1, 0.15) is 10.6 Å². The highest BCUT2D eigenvalue weighted by Gasteiger charge is 2.06. The van der Waals surface area contributed by atoms with Crippen LogP contribution in [0.25, 0.3) is 10.8 Å². The first-order valence-corrected chi connectivity index (χ1v) is 8.57. The summed E-state index contributed by atoms with van der Waals surface area (Å²) in [7, 11) is 3.77. The van der Waals surface area contributed by atoms with Gasteiger partial charge in [-0.3, -0.25) is 4.90 Å². The fraction of sp³-hybridized carbons (Fsp3) is 0.294. The number of methoxy groups -OCH3 is 1. The second-order valence-corrected chi connectivity index (χ2v) is 7.42. The first-order valence-electron chi connectivity index (χ1n) is 7.35. The van der Waals surface area contributed by atoms with Crippen molar-refractivity contribution in [2.75, 3.05) is 14.2 Å². The lowest BCUT2D eigenvalue weighted by molar-refractivity contribution is 0.245. The summed E-state index contributed by atoms with van der Waals surface area (Å²) in [6.45, 7) is 3.53. The molecule has 3 aromatic rings. The van der Waals surface area contributed by atoms with E-state index in [1.165, 1.54) is 16.3 Å². The van der Waals surface area contributed by atoms with Gasteiger partial charge in [0.15, 0.2) is 3.95 Å². The molecule has 0 fully saturated rings. The largest absolute Gasteiger partial charge is 0.497 e. The third-order valence-electron chi connectivity index (χ3n) is 3.65. The number of ether oxygens (including phenoxy) is 1. The predicted molar refractivity (Wildman–Crippen MR) is 97.6 cm³/mol. The van der Waals surface area contributed by atoms with E-state index in [-0.39, 0.29) is 0 Å². The monoisotopic (exact) mass is 345 g/mol. The number of aryl methyl sites for hydroxylation is 1. The van der Waals surface area contributed by atoms with E-state index in [4.69, 9.17) is 17.0 Å². The van der Waals surface area contributed by atoms with Crippen molar-refractivity contribution in [2.45, 2.75) is 20.1 Å². The topological polar surface area (TPSA) is 30.3 Å². The maximum absolute atomic E-state index is 5.32. The Labute approximate surface area is 144 Å². The van der Waals surface area contributed by atoms with Crippen LogP contribution in [0.15, 0.2) is 36.4 Å². The highest BCUT2D eigenvalue weighted by molar-refractivity contribution is 7.73. The van der Waals surface area contributed by atoms with Crippen LogP contribution < -0.4 is 4.74 Å². The molecule has 0 aliphatic rings. The molecule has 0 N–H and O–H groups in total. The minimum atomic E-state index is 0.698. The molecule has 3 rings (SSSR count). The minimum Gasteiger partial charge on any atom is -0.497 e. The van der Waals surface area contributed by atoms with Crippen LogP contribution in [-0.4, -0.2) is 28.8 Å². The van der Waals surface area contributed by atoms with Gasteiger partial charge in [-0.25, -0.2) is 4.68 Å². The molecule has 120 valence electrons. The Morgan fingerprint density at radius 2 is 1.96 bits per heavy atom. The maximum Gasteiger partial charge on any atom is 0.180 e. The lowest BCUT2D eigenvalue weighted by Crippen LogP contribution is -2.22. The van der Waals surface area contributed by atoms with Crippen LogP contribution in [0.3, 0.4) is 0 Å². The molecule has 6 heteroatoms. The van der Waals surface area contributed by atoms with E-state index in [9.17, 15) is 0 Å². The van der Waals surface area contributed by atoms with Crippen molar-refractivity contribution in [2.24, 2.45) is 0 Å². The molecular weight excluding hydrogens is 326 g/mol. The third kappa shape index (κ3) is 3.77. The molecule has 0 saturated heterocycles. The van der Waals surface area contributed by atoms with Crippen LogP contribution in [0, 0.1) is 10.9 Å². The van der Waals surface area contributed by atoms with Crippen molar-refractivity contribution in [3.63, 3.8) is 0 Å². The molecule has 1 heterocycles. The Balaban J connectivity index is 1.75. The zero-order valence-corrected chi connectivity index (χ0v) is 15.1. The van der Waals surface area contributed by atoms with E-state index in [0.717, 1.165) is 21.3 Å². The number of nitrogens with zero attached hydrogens (tertiary/aromatic N) is 3. The van der Waals surface area contributed by atoms with E-state index in [0.29, 0.717) is 6.67 Å². The van der Waals surface area contributed by atoms with Gasteiger partial charge in [-0.15, -0.1) is 0 Å². The average molecular weight is 345 g/mol. The van der Waals surface area contributed by atoms with Gasteiger partial charge in [0.25, 0.3) is 0 Å². The third-order valence-corrected chi connectivity index (χ3v) is 4.87. The second kappa shape index (κ2) is 6.78. The number of hydrogen-bond acceptors (Lipinski definition) is 5. The van der Waals surface area contributed by atoms with Gasteiger partial charge in [-0.1, -0.05) is 29.5 Å². The lowest BCUT2D eigenvalue weighted by atomic mass is 10.1. The number of fused-ring (bicyclic) bond motifs is 1. The van der Waals surface area contributed by atoms with Crippen LogP contribution in [0.4, 0.5) is 0 Å². The summed E-state index contributed by atoms with van der Waals surface area (Å²) < 4.78 is 7.97. The van der Waals surface area contributed by atoms with Crippen molar-refractivity contribution >= 4 is 34.3 Å². The Bertz CT molecular complexity index is 885. The van der Waals surface area contributed by atoms with Gasteiger partial charge in [0.05, 0.1) is 13.8 Å². The Kier molecular flexibility index (Phi) is 4.75. The Morgan fingerprint density at radius 3 is 2.65 bits per heavy atom. The fourth-order valence-electron chi connectivity index (χ4n) is 2.59. The number of hydrogen-bond donors (Lipinski definition) is 0. The lowest BCUT2D eigenvalue weighted by Gasteiger charge is -2.17. The zero-order chi connectivity index (χ0) is 16.4. The summed E-state index contributed by atoms with van der Waals surface area (Å²) in [6, 6.07) is 12.7. The number of aromatic nitrogens is 2. The molecule has 0 atom stereocenters. The van der Waals surface area contributed by atoms with Gasteiger partial charge < -0.3 is 4.74 Å². The molecule has 0 radical (unpaired) electrons. The number of benzene rings is 2. The van der Waals surface area contributed by atoms with Crippen LogP contribution >= 0.6 is 23.6 Å². The summed E-state index contributed by atoms with van der Waals surface area (Å²) in [5.74, 6) is 0.885. The molecule has 0 amide bonds. The molecule has 0 saturated carbocycles. The highest BCUT2D eigenvalue weighted by Crippen LogP contribution is 2.22. The van der Waals surface area contributed by atoms with Crippen molar-refractivity contribution in [3.05, 3.63) is 50.9 Å². The van der Waals surface area contributed by atoms with Crippen molar-refractivity contribution < 1.29 is 4.74 Å². The van der Waals surface area contributed by atoms with E-state index >= 15 is 0 Å². The molecule has 0 aliphatic heterocycles. The molecule has 0 bridgehead atoms. The van der Waals surface area contributed by atoms with Crippen molar-refractivity contribution in [1.82, 2.24) is 14.7 Å². The second-order valence-electron chi connectivity index (χ2n) is 5.59. The maximum atomic E-state index is 5.32. The fourth-order valence-corrected chi connectivity index (χ4v) is 3.64. The first-order chi connectivity index (χ1) is 11.0. The Morgan fingerprint density at radius 1 is 1.22 bits per heavy atom. The van der Waals surface area contributed by atoms with Gasteiger partial charge >= 0.3 is 0 Å². The van der Waals surface area contributed by atoms with E-state index in [2.05, 4.69) is 47.4 Å². The summed E-state index contributed by atoms with van der Waals surface area (Å²) >= 11 is 6.87.